The van der Waals surface area contributed by atoms with Gasteiger partial charge >= 0.3 is 0 Å². The van der Waals surface area contributed by atoms with Crippen molar-refractivity contribution < 1.29 is 4.74 Å². The van der Waals surface area contributed by atoms with E-state index in [4.69, 9.17) is 4.74 Å². The molecule has 0 radical (unpaired) electrons. The lowest BCUT2D eigenvalue weighted by Crippen LogP contribution is -2.24. The summed E-state index contributed by atoms with van der Waals surface area (Å²) in [5.74, 6) is 1.11. The van der Waals surface area contributed by atoms with Gasteiger partial charge in [0.15, 0.2) is 0 Å². The van der Waals surface area contributed by atoms with Crippen LogP contribution in [0.5, 0.6) is 5.75 Å². The van der Waals surface area contributed by atoms with E-state index in [9.17, 15) is 0 Å². The molecule has 17 heavy (non-hydrogen) atoms. The molecule has 0 amide bonds. The third-order valence-electron chi connectivity index (χ3n) is 3.79. The van der Waals surface area contributed by atoms with Crippen molar-refractivity contribution in [3.05, 3.63) is 34.4 Å². The van der Waals surface area contributed by atoms with Crippen molar-refractivity contribution in [3.8, 4) is 5.75 Å². The minimum absolute atomic E-state index is 0.0714. The summed E-state index contributed by atoms with van der Waals surface area (Å²) in [5, 5.41) is 0. The minimum atomic E-state index is -0.0714. The first-order chi connectivity index (χ1) is 7.74. The Morgan fingerprint density at radius 2 is 1.71 bits per heavy atom. The Balaban J connectivity index is 2.74. The Morgan fingerprint density at radius 3 is 2.24 bits per heavy atom. The van der Waals surface area contributed by atoms with Crippen molar-refractivity contribution >= 4 is 5.57 Å². The average molecular weight is 230 g/mol. The van der Waals surface area contributed by atoms with Gasteiger partial charge in [-0.15, -0.1) is 0 Å². The van der Waals surface area contributed by atoms with Gasteiger partial charge in [-0.3, -0.25) is 0 Å². The van der Waals surface area contributed by atoms with Crippen molar-refractivity contribution in [2.24, 2.45) is 0 Å². The molecular formula is C16H22O. The third-order valence-corrected chi connectivity index (χ3v) is 3.79. The average Bonchev–Trinajstić information content (AvgIpc) is 2.51. The summed E-state index contributed by atoms with van der Waals surface area (Å²) in [4.78, 5) is 0. The zero-order valence-corrected chi connectivity index (χ0v) is 11.8. The molecule has 2 rings (SSSR count). The highest BCUT2D eigenvalue weighted by Crippen LogP contribution is 2.43. The predicted octanol–water partition coefficient (Wildman–Crippen LogP) is 4.36. The van der Waals surface area contributed by atoms with E-state index in [-0.39, 0.29) is 5.60 Å². The van der Waals surface area contributed by atoms with Gasteiger partial charge in [0.1, 0.15) is 11.4 Å². The van der Waals surface area contributed by atoms with Gasteiger partial charge in [-0.25, -0.2) is 0 Å². The summed E-state index contributed by atoms with van der Waals surface area (Å²) in [6.45, 7) is 17.0. The number of benzene rings is 1. The number of allylic oxidation sites excluding steroid dienone is 1. The van der Waals surface area contributed by atoms with Gasteiger partial charge < -0.3 is 4.74 Å². The van der Waals surface area contributed by atoms with Gasteiger partial charge in [-0.1, -0.05) is 12.2 Å². The van der Waals surface area contributed by atoms with Crippen LogP contribution in [0.2, 0.25) is 0 Å². The fraction of sp³-hybridized carbons (Fsp3) is 0.500. The number of hydrogen-bond acceptors (Lipinski definition) is 1. The fourth-order valence-electron chi connectivity index (χ4n) is 2.92. The zero-order valence-electron chi connectivity index (χ0n) is 11.8. The number of ether oxygens (including phenoxy) is 1. The Kier molecular flexibility index (Phi) is 2.61. The maximum Gasteiger partial charge on any atom is 0.126 e. The molecule has 0 N–H and O–H groups in total. The molecule has 0 unspecified atom stereocenters. The van der Waals surface area contributed by atoms with E-state index in [1.165, 1.54) is 27.8 Å². The van der Waals surface area contributed by atoms with Crippen LogP contribution in [0.15, 0.2) is 6.58 Å². The van der Waals surface area contributed by atoms with Crippen molar-refractivity contribution in [1.29, 1.82) is 0 Å². The molecule has 0 spiro atoms. The summed E-state index contributed by atoms with van der Waals surface area (Å²) in [6, 6.07) is 0. The first-order valence-electron chi connectivity index (χ1n) is 6.22. The monoisotopic (exact) mass is 230 g/mol. The highest BCUT2D eigenvalue weighted by molar-refractivity contribution is 5.73. The number of fused-ring (bicyclic) bond motifs is 1. The molecule has 0 atom stereocenters. The molecule has 0 aromatic heterocycles. The van der Waals surface area contributed by atoms with E-state index in [1.54, 1.807) is 0 Å². The van der Waals surface area contributed by atoms with Crippen LogP contribution in [-0.2, 0) is 6.42 Å². The normalized spacial score (nSPS) is 16.6. The van der Waals surface area contributed by atoms with Crippen LogP contribution in [0.4, 0.5) is 0 Å². The van der Waals surface area contributed by atoms with E-state index in [2.05, 4.69) is 48.1 Å². The lowest BCUT2D eigenvalue weighted by Gasteiger charge is -2.19. The maximum absolute atomic E-state index is 6.09. The second-order valence-corrected chi connectivity index (χ2v) is 5.88. The summed E-state index contributed by atoms with van der Waals surface area (Å²) in [6.07, 6.45) is 0.996. The molecule has 92 valence electrons. The van der Waals surface area contributed by atoms with Gasteiger partial charge in [0, 0.05) is 12.0 Å². The standard InChI is InChI=1S/C16H22O/c1-9(2)14-10(3)11(4)15-13(12(14)5)8-16(6,7)17-15/h1,8H2,2-7H3. The van der Waals surface area contributed by atoms with Crippen LogP contribution in [0.3, 0.4) is 0 Å². The molecule has 1 aromatic carbocycles. The SMILES string of the molecule is C=C(C)c1c(C)c(C)c2c(c1C)CC(C)(C)O2. The van der Waals surface area contributed by atoms with Crippen molar-refractivity contribution in [2.75, 3.05) is 0 Å². The van der Waals surface area contributed by atoms with Crippen LogP contribution in [0, 0.1) is 20.8 Å². The third kappa shape index (κ3) is 1.78. The quantitative estimate of drug-likeness (QED) is 0.696. The lowest BCUT2D eigenvalue weighted by molar-refractivity contribution is 0.137. The molecular weight excluding hydrogens is 208 g/mol. The van der Waals surface area contributed by atoms with Crippen molar-refractivity contribution in [2.45, 2.75) is 53.6 Å². The summed E-state index contributed by atoms with van der Waals surface area (Å²) >= 11 is 0. The molecule has 0 bridgehead atoms. The molecule has 0 aliphatic carbocycles. The van der Waals surface area contributed by atoms with Crippen LogP contribution >= 0.6 is 0 Å². The summed E-state index contributed by atoms with van der Waals surface area (Å²) in [5.41, 5.74) is 7.70. The van der Waals surface area contributed by atoms with Gasteiger partial charge in [-0.05, 0) is 63.8 Å². The Hall–Kier alpha value is -1.24. The maximum atomic E-state index is 6.09. The summed E-state index contributed by atoms with van der Waals surface area (Å²) < 4.78 is 6.09. The molecule has 0 fully saturated rings. The molecule has 1 nitrogen and oxygen atoms in total. The largest absolute Gasteiger partial charge is 0.487 e. The van der Waals surface area contributed by atoms with Gasteiger partial charge in [0.2, 0.25) is 0 Å². The van der Waals surface area contributed by atoms with E-state index in [0.717, 1.165) is 17.7 Å². The van der Waals surface area contributed by atoms with Crippen molar-refractivity contribution in [3.63, 3.8) is 0 Å². The predicted molar refractivity (Wildman–Crippen MR) is 73.8 cm³/mol. The van der Waals surface area contributed by atoms with Crippen LogP contribution < -0.4 is 4.74 Å². The minimum Gasteiger partial charge on any atom is -0.487 e. The molecule has 0 saturated heterocycles. The lowest BCUT2D eigenvalue weighted by atomic mass is 9.87. The zero-order chi connectivity index (χ0) is 13.0. The smallest absolute Gasteiger partial charge is 0.126 e. The van der Waals surface area contributed by atoms with E-state index < -0.39 is 0 Å². The molecule has 1 aliphatic heterocycles. The van der Waals surface area contributed by atoms with E-state index in [0.29, 0.717) is 0 Å². The van der Waals surface area contributed by atoms with Crippen LogP contribution in [-0.4, -0.2) is 5.60 Å². The first-order valence-corrected chi connectivity index (χ1v) is 6.22. The number of hydrogen-bond donors (Lipinski definition) is 0. The number of rotatable bonds is 1. The van der Waals surface area contributed by atoms with E-state index >= 15 is 0 Å². The molecule has 1 aromatic rings. The molecule has 1 heterocycles. The van der Waals surface area contributed by atoms with Crippen LogP contribution in [0.25, 0.3) is 5.57 Å². The highest BCUT2D eigenvalue weighted by Gasteiger charge is 2.34. The van der Waals surface area contributed by atoms with Gasteiger partial charge in [-0.2, -0.15) is 0 Å². The Morgan fingerprint density at radius 1 is 1.12 bits per heavy atom. The fourth-order valence-corrected chi connectivity index (χ4v) is 2.92. The Labute approximate surface area is 104 Å². The molecule has 1 aliphatic rings. The van der Waals surface area contributed by atoms with Gasteiger partial charge in [0.05, 0.1) is 0 Å². The van der Waals surface area contributed by atoms with Crippen molar-refractivity contribution in [1.82, 2.24) is 0 Å². The van der Waals surface area contributed by atoms with E-state index in [1.807, 2.05) is 0 Å². The molecule has 0 saturated carbocycles. The Bertz CT molecular complexity index is 507. The summed E-state index contributed by atoms with van der Waals surface area (Å²) in [7, 11) is 0. The second kappa shape index (κ2) is 3.63. The molecule has 1 heteroatoms. The van der Waals surface area contributed by atoms with Gasteiger partial charge in [0.25, 0.3) is 0 Å². The first kappa shape index (κ1) is 12.2. The van der Waals surface area contributed by atoms with Crippen LogP contribution in [0.1, 0.15) is 48.6 Å². The second-order valence-electron chi connectivity index (χ2n) is 5.88. The topological polar surface area (TPSA) is 9.23 Å². The highest BCUT2D eigenvalue weighted by atomic mass is 16.5.